The third kappa shape index (κ3) is 4.81. The highest BCUT2D eigenvalue weighted by Gasteiger charge is 2.16. The zero-order chi connectivity index (χ0) is 12.9. The molecule has 3 heterocycles. The van der Waals surface area contributed by atoms with E-state index in [1.165, 1.54) is 12.8 Å². The van der Waals surface area contributed by atoms with Gasteiger partial charge in [0.15, 0.2) is 0 Å². The van der Waals surface area contributed by atoms with E-state index in [1.54, 1.807) is 12.4 Å². The molecule has 2 N–H and O–H groups in total. The van der Waals surface area contributed by atoms with Crippen LogP contribution in [0.2, 0.25) is 0 Å². The van der Waals surface area contributed by atoms with Gasteiger partial charge < -0.3 is 10.6 Å². The van der Waals surface area contributed by atoms with Crippen LogP contribution in [-0.4, -0.2) is 21.5 Å². The summed E-state index contributed by atoms with van der Waals surface area (Å²) >= 11 is 0. The summed E-state index contributed by atoms with van der Waals surface area (Å²) in [6.45, 7) is 1.07. The number of halogens is 2. The second kappa shape index (κ2) is 8.77. The van der Waals surface area contributed by atoms with Gasteiger partial charge in [0.2, 0.25) is 5.95 Å². The second-order valence-corrected chi connectivity index (χ2v) is 4.65. The predicted molar refractivity (Wildman–Crippen MR) is 88.6 cm³/mol. The summed E-state index contributed by atoms with van der Waals surface area (Å²) < 4.78 is 0. The molecule has 0 saturated carbocycles. The van der Waals surface area contributed by atoms with E-state index in [0.29, 0.717) is 12.0 Å². The Kier molecular flexibility index (Phi) is 7.36. The van der Waals surface area contributed by atoms with E-state index in [9.17, 15) is 0 Å². The highest BCUT2D eigenvalue weighted by atomic mass is 35.5. The fourth-order valence-electron chi connectivity index (χ4n) is 2.28. The lowest BCUT2D eigenvalue weighted by Gasteiger charge is -2.23. The quantitative estimate of drug-likeness (QED) is 0.905. The Morgan fingerprint density at radius 1 is 1.05 bits per heavy atom. The molecule has 7 heteroatoms. The minimum absolute atomic E-state index is 0. The first-order valence-electron chi connectivity index (χ1n) is 6.66. The van der Waals surface area contributed by atoms with Crippen LogP contribution in [0.5, 0.6) is 0 Å². The zero-order valence-corrected chi connectivity index (χ0v) is 13.2. The molecule has 0 aliphatic carbocycles. The van der Waals surface area contributed by atoms with Crippen LogP contribution < -0.4 is 10.6 Å². The van der Waals surface area contributed by atoms with Crippen molar-refractivity contribution in [1.29, 1.82) is 0 Å². The summed E-state index contributed by atoms with van der Waals surface area (Å²) in [4.78, 5) is 13.0. The first-order valence-corrected chi connectivity index (χ1v) is 6.66. The second-order valence-electron chi connectivity index (χ2n) is 4.65. The molecule has 1 atom stereocenters. The third-order valence-corrected chi connectivity index (χ3v) is 3.25. The molecule has 5 nitrogen and oxygen atoms in total. The topological polar surface area (TPSA) is 62.7 Å². The monoisotopic (exact) mass is 327 g/mol. The van der Waals surface area contributed by atoms with Gasteiger partial charge >= 0.3 is 0 Å². The Morgan fingerprint density at radius 3 is 2.67 bits per heavy atom. The van der Waals surface area contributed by atoms with Gasteiger partial charge in [0.1, 0.15) is 5.82 Å². The number of aromatic nitrogens is 3. The number of nitrogens with one attached hydrogen (secondary N) is 2. The van der Waals surface area contributed by atoms with Crippen molar-refractivity contribution in [2.45, 2.75) is 25.3 Å². The van der Waals surface area contributed by atoms with Crippen LogP contribution in [0.15, 0.2) is 36.7 Å². The van der Waals surface area contributed by atoms with Crippen molar-refractivity contribution in [3.63, 3.8) is 0 Å². The lowest BCUT2D eigenvalue weighted by molar-refractivity contribution is 0.405. The zero-order valence-electron chi connectivity index (χ0n) is 11.5. The smallest absolute Gasteiger partial charge is 0.228 e. The summed E-state index contributed by atoms with van der Waals surface area (Å²) in [5.41, 5.74) is 1.05. The number of rotatable bonds is 3. The van der Waals surface area contributed by atoms with Crippen LogP contribution in [-0.2, 0) is 0 Å². The minimum Gasteiger partial charge on any atom is -0.309 e. The Morgan fingerprint density at radius 2 is 1.95 bits per heavy atom. The molecule has 0 aromatic carbocycles. The molecule has 3 rings (SSSR count). The normalized spacial score (nSPS) is 17.2. The molecule has 1 aliphatic heterocycles. The highest BCUT2D eigenvalue weighted by Crippen LogP contribution is 2.22. The minimum atomic E-state index is 0. The molecular formula is C14H19Cl2N5. The van der Waals surface area contributed by atoms with Crippen molar-refractivity contribution < 1.29 is 0 Å². The maximum absolute atomic E-state index is 4.57. The van der Waals surface area contributed by atoms with Crippen LogP contribution >= 0.6 is 24.8 Å². The van der Waals surface area contributed by atoms with E-state index < -0.39 is 0 Å². The van der Waals surface area contributed by atoms with Crippen molar-refractivity contribution in [3.8, 4) is 0 Å². The molecule has 0 radical (unpaired) electrons. The number of pyridine rings is 1. The lowest BCUT2D eigenvalue weighted by Crippen LogP contribution is -2.27. The first kappa shape index (κ1) is 17.6. The average molecular weight is 328 g/mol. The van der Waals surface area contributed by atoms with E-state index in [4.69, 9.17) is 0 Å². The Labute approximate surface area is 136 Å². The average Bonchev–Trinajstić information content (AvgIpc) is 2.49. The van der Waals surface area contributed by atoms with Gasteiger partial charge in [0.25, 0.3) is 0 Å². The number of nitrogens with zero attached hydrogens (tertiary/aromatic N) is 3. The fourth-order valence-corrected chi connectivity index (χ4v) is 2.28. The molecule has 1 saturated heterocycles. The predicted octanol–water partition coefficient (Wildman–Crippen LogP) is 3.27. The summed E-state index contributed by atoms with van der Waals surface area (Å²) in [5.74, 6) is 1.36. The number of hydrogen-bond donors (Lipinski definition) is 2. The van der Waals surface area contributed by atoms with Gasteiger partial charge in [0.05, 0.1) is 5.69 Å². The van der Waals surface area contributed by atoms with Gasteiger partial charge in [-0.05, 0) is 37.6 Å². The van der Waals surface area contributed by atoms with Gasteiger partial charge in [-0.25, -0.2) is 15.0 Å². The third-order valence-electron chi connectivity index (χ3n) is 3.25. The van der Waals surface area contributed by atoms with Gasteiger partial charge in [-0.3, -0.25) is 0 Å². The van der Waals surface area contributed by atoms with E-state index >= 15 is 0 Å². The van der Waals surface area contributed by atoms with Crippen molar-refractivity contribution >= 4 is 36.6 Å². The molecule has 1 fully saturated rings. The molecule has 1 unspecified atom stereocenters. The maximum Gasteiger partial charge on any atom is 0.228 e. The van der Waals surface area contributed by atoms with Crippen molar-refractivity contribution in [3.05, 3.63) is 42.4 Å². The van der Waals surface area contributed by atoms with E-state index in [1.807, 2.05) is 24.3 Å². The molecule has 1 aliphatic rings. The number of hydrogen-bond acceptors (Lipinski definition) is 5. The summed E-state index contributed by atoms with van der Waals surface area (Å²) in [6.07, 6.45) is 7.18. The fraction of sp³-hybridized carbons (Fsp3) is 0.357. The summed E-state index contributed by atoms with van der Waals surface area (Å²) in [6, 6.07) is 8.04. The van der Waals surface area contributed by atoms with Crippen LogP contribution in [0.1, 0.15) is 31.0 Å². The van der Waals surface area contributed by atoms with Gasteiger partial charge in [-0.15, -0.1) is 24.8 Å². The van der Waals surface area contributed by atoms with E-state index in [2.05, 4.69) is 25.6 Å². The molecular weight excluding hydrogens is 309 g/mol. The molecule has 2 aromatic heterocycles. The summed E-state index contributed by atoms with van der Waals surface area (Å²) in [5, 5.41) is 6.62. The molecule has 0 spiro atoms. The molecule has 114 valence electrons. The van der Waals surface area contributed by atoms with E-state index in [-0.39, 0.29) is 24.8 Å². The molecule has 2 aromatic rings. The largest absolute Gasteiger partial charge is 0.309 e. The van der Waals surface area contributed by atoms with Crippen LogP contribution in [0.4, 0.5) is 11.8 Å². The molecule has 21 heavy (non-hydrogen) atoms. The van der Waals surface area contributed by atoms with Crippen LogP contribution in [0, 0.1) is 0 Å². The first-order chi connectivity index (χ1) is 9.42. The van der Waals surface area contributed by atoms with E-state index in [0.717, 1.165) is 24.5 Å². The van der Waals surface area contributed by atoms with Gasteiger partial charge in [-0.1, -0.05) is 12.5 Å². The van der Waals surface area contributed by atoms with Crippen molar-refractivity contribution in [2.75, 3.05) is 11.9 Å². The molecule has 0 bridgehead atoms. The standard InChI is InChI=1S/C14H17N5.2ClH/c1-3-8-15-11(5-1)12-7-10-17-14(18-12)19-13-6-2-4-9-16-13;;/h2,4,6-7,9-11,15H,1,3,5,8H2,(H,16,17,18,19);2*1H. The number of piperidine rings is 1. The van der Waals surface area contributed by atoms with Crippen LogP contribution in [0.25, 0.3) is 0 Å². The highest BCUT2D eigenvalue weighted by molar-refractivity contribution is 5.85. The van der Waals surface area contributed by atoms with Crippen molar-refractivity contribution in [1.82, 2.24) is 20.3 Å². The van der Waals surface area contributed by atoms with Crippen LogP contribution in [0.3, 0.4) is 0 Å². The SMILES string of the molecule is Cl.Cl.c1ccc(Nc2nccc(C3CCCCN3)n2)nc1. The lowest BCUT2D eigenvalue weighted by atomic mass is 10.0. The van der Waals surface area contributed by atoms with Crippen molar-refractivity contribution in [2.24, 2.45) is 0 Å². The molecule has 0 amide bonds. The Hall–Kier alpha value is -1.43. The maximum atomic E-state index is 4.57. The Balaban J connectivity index is 0.00000110. The Bertz CT molecular complexity index is 532. The van der Waals surface area contributed by atoms with Gasteiger partial charge in [-0.2, -0.15) is 0 Å². The summed E-state index contributed by atoms with van der Waals surface area (Å²) in [7, 11) is 0. The van der Waals surface area contributed by atoms with Gasteiger partial charge in [0, 0.05) is 18.4 Å². The number of anilines is 2.